The zero-order valence-corrected chi connectivity index (χ0v) is 12.7. The molecule has 1 rings (SSSR count). The second-order valence-electron chi connectivity index (χ2n) is 6.12. The maximum Gasteiger partial charge on any atom is 0.408 e. The molecule has 6 nitrogen and oxygen atoms in total. The van der Waals surface area contributed by atoms with E-state index in [1.807, 2.05) is 6.92 Å². The lowest BCUT2D eigenvalue weighted by atomic mass is 9.92. The third kappa shape index (κ3) is 4.37. The Balaban J connectivity index is 2.82. The van der Waals surface area contributed by atoms with Crippen molar-refractivity contribution >= 4 is 12.1 Å². The summed E-state index contributed by atoms with van der Waals surface area (Å²) in [4.78, 5) is 23.3. The van der Waals surface area contributed by atoms with E-state index in [4.69, 9.17) is 9.47 Å². The van der Waals surface area contributed by atoms with Crippen LogP contribution in [0.4, 0.5) is 4.79 Å². The van der Waals surface area contributed by atoms with Crippen LogP contribution in [-0.4, -0.2) is 41.0 Å². The van der Waals surface area contributed by atoms with Crippen LogP contribution in [-0.2, 0) is 14.3 Å². The van der Waals surface area contributed by atoms with Crippen LogP contribution in [0.2, 0.25) is 0 Å². The minimum atomic E-state index is -1.09. The summed E-state index contributed by atoms with van der Waals surface area (Å²) in [5.41, 5.74) is -1.49. The van der Waals surface area contributed by atoms with Crippen molar-refractivity contribution < 1.29 is 24.2 Å². The first kappa shape index (κ1) is 16.8. The molecule has 0 bridgehead atoms. The Kier molecular flexibility index (Phi) is 5.39. The van der Waals surface area contributed by atoms with Crippen molar-refractivity contribution in [2.24, 2.45) is 0 Å². The molecular formula is C14H25NO5. The highest BCUT2D eigenvalue weighted by Crippen LogP contribution is 2.36. The van der Waals surface area contributed by atoms with Gasteiger partial charge in [-0.15, -0.1) is 0 Å². The molecule has 1 aliphatic carbocycles. The van der Waals surface area contributed by atoms with Crippen molar-refractivity contribution in [3.8, 4) is 0 Å². The summed E-state index contributed by atoms with van der Waals surface area (Å²) < 4.78 is 10.8. The Bertz CT molecular complexity index is 355. The molecule has 1 unspecified atom stereocenters. The second kappa shape index (κ2) is 6.43. The molecule has 116 valence electrons. The summed E-state index contributed by atoms with van der Waals surface area (Å²) in [5.74, 6) is -1.09. The number of alkyl carbamates (subject to hydrolysis) is 1. The third-order valence-corrected chi connectivity index (χ3v) is 3.32. The molecular weight excluding hydrogens is 262 g/mol. The van der Waals surface area contributed by atoms with E-state index >= 15 is 0 Å². The van der Waals surface area contributed by atoms with Crippen LogP contribution in [0.5, 0.6) is 0 Å². The zero-order chi connectivity index (χ0) is 15.4. The van der Waals surface area contributed by atoms with Crippen LogP contribution in [0, 0.1) is 0 Å². The van der Waals surface area contributed by atoms with Crippen molar-refractivity contribution in [1.82, 2.24) is 5.32 Å². The molecule has 0 spiro atoms. The Hall–Kier alpha value is -1.30. The van der Waals surface area contributed by atoms with Gasteiger partial charge in [-0.25, -0.2) is 9.59 Å². The Morgan fingerprint density at radius 2 is 1.85 bits per heavy atom. The lowest BCUT2D eigenvalue weighted by Crippen LogP contribution is -2.57. The molecule has 1 saturated carbocycles. The number of hydrogen-bond donors (Lipinski definition) is 2. The fourth-order valence-corrected chi connectivity index (χ4v) is 2.62. The zero-order valence-electron chi connectivity index (χ0n) is 12.7. The molecule has 2 N–H and O–H groups in total. The first-order valence-electron chi connectivity index (χ1n) is 7.06. The molecule has 20 heavy (non-hydrogen) atoms. The average molecular weight is 287 g/mol. The minimum Gasteiger partial charge on any atom is -0.480 e. The number of carboxylic acid groups (broad SMARTS) is 1. The van der Waals surface area contributed by atoms with Crippen molar-refractivity contribution in [2.75, 3.05) is 6.61 Å². The first-order valence-corrected chi connectivity index (χ1v) is 7.06. The number of nitrogens with one attached hydrogen (secondary N) is 1. The predicted molar refractivity (Wildman–Crippen MR) is 73.6 cm³/mol. The largest absolute Gasteiger partial charge is 0.480 e. The van der Waals surface area contributed by atoms with Crippen LogP contribution in [0.15, 0.2) is 0 Å². The van der Waals surface area contributed by atoms with E-state index in [-0.39, 0.29) is 0 Å². The Morgan fingerprint density at radius 1 is 1.30 bits per heavy atom. The molecule has 0 heterocycles. The van der Waals surface area contributed by atoms with Crippen molar-refractivity contribution in [3.05, 3.63) is 0 Å². The highest BCUT2D eigenvalue weighted by molar-refractivity contribution is 5.81. The van der Waals surface area contributed by atoms with Gasteiger partial charge in [-0.2, -0.15) is 0 Å². The number of carbonyl (C=O) groups excluding carboxylic acids is 1. The van der Waals surface area contributed by atoms with Gasteiger partial charge in [0.25, 0.3) is 0 Å². The van der Waals surface area contributed by atoms with E-state index in [0.717, 1.165) is 12.8 Å². The van der Waals surface area contributed by atoms with Crippen molar-refractivity contribution in [1.29, 1.82) is 0 Å². The highest BCUT2D eigenvalue weighted by Gasteiger charge is 2.47. The van der Waals surface area contributed by atoms with Gasteiger partial charge < -0.3 is 19.9 Å². The van der Waals surface area contributed by atoms with Crippen molar-refractivity contribution in [3.63, 3.8) is 0 Å². The fourth-order valence-electron chi connectivity index (χ4n) is 2.62. The lowest BCUT2D eigenvalue weighted by molar-refractivity contribution is -0.151. The molecule has 1 aliphatic rings. The minimum absolute atomic E-state index is 0.416. The lowest BCUT2D eigenvalue weighted by Gasteiger charge is -2.35. The number of ether oxygens (including phenoxy) is 2. The van der Waals surface area contributed by atoms with Gasteiger partial charge in [0.05, 0.1) is 5.60 Å². The number of carbonyl (C=O) groups is 2. The Morgan fingerprint density at radius 3 is 2.25 bits per heavy atom. The second-order valence-corrected chi connectivity index (χ2v) is 6.12. The van der Waals surface area contributed by atoms with Crippen LogP contribution < -0.4 is 5.32 Å². The van der Waals surface area contributed by atoms with Crippen LogP contribution in [0.1, 0.15) is 53.4 Å². The molecule has 6 heteroatoms. The molecule has 0 aliphatic heterocycles. The van der Waals surface area contributed by atoms with Gasteiger partial charge in [0.2, 0.25) is 0 Å². The first-order chi connectivity index (χ1) is 9.20. The monoisotopic (exact) mass is 287 g/mol. The quantitative estimate of drug-likeness (QED) is 0.810. The molecule has 1 amide bonds. The van der Waals surface area contributed by atoms with Crippen LogP contribution in [0.3, 0.4) is 0 Å². The van der Waals surface area contributed by atoms with Gasteiger partial charge >= 0.3 is 12.1 Å². The van der Waals surface area contributed by atoms with E-state index in [1.54, 1.807) is 20.8 Å². The number of aliphatic carboxylic acids is 1. The summed E-state index contributed by atoms with van der Waals surface area (Å²) in [6, 6.07) is -1.08. The molecule has 0 aromatic carbocycles. The van der Waals surface area contributed by atoms with Crippen LogP contribution in [0.25, 0.3) is 0 Å². The topological polar surface area (TPSA) is 84.9 Å². The third-order valence-electron chi connectivity index (χ3n) is 3.32. The normalized spacial score (nSPS) is 19.4. The van der Waals surface area contributed by atoms with Gasteiger partial charge in [-0.05, 0) is 40.5 Å². The van der Waals surface area contributed by atoms with Gasteiger partial charge in [0.15, 0.2) is 6.04 Å². The molecule has 1 fully saturated rings. The molecule has 0 radical (unpaired) electrons. The van der Waals surface area contributed by atoms with Gasteiger partial charge in [-0.1, -0.05) is 12.8 Å². The molecule has 0 aromatic heterocycles. The van der Waals surface area contributed by atoms with Gasteiger partial charge in [0.1, 0.15) is 5.60 Å². The van der Waals surface area contributed by atoms with Crippen molar-refractivity contribution in [2.45, 2.75) is 70.6 Å². The summed E-state index contributed by atoms with van der Waals surface area (Å²) in [6.07, 6.45) is 2.34. The van der Waals surface area contributed by atoms with E-state index in [2.05, 4.69) is 5.32 Å². The van der Waals surface area contributed by atoms with E-state index in [1.165, 1.54) is 0 Å². The van der Waals surface area contributed by atoms with E-state index < -0.39 is 29.3 Å². The Labute approximate surface area is 119 Å². The SMILES string of the molecule is CCOC1(C(NC(=O)OC(C)(C)C)C(=O)O)CCCC1. The summed E-state index contributed by atoms with van der Waals surface area (Å²) in [6.45, 7) is 7.44. The highest BCUT2D eigenvalue weighted by atomic mass is 16.6. The fraction of sp³-hybridized carbons (Fsp3) is 0.857. The van der Waals surface area contributed by atoms with Gasteiger partial charge in [-0.3, -0.25) is 0 Å². The maximum absolute atomic E-state index is 11.8. The molecule has 0 saturated heterocycles. The number of amides is 1. The summed E-state index contributed by atoms with van der Waals surface area (Å²) in [7, 11) is 0. The molecule has 0 aromatic rings. The number of hydrogen-bond acceptors (Lipinski definition) is 4. The average Bonchev–Trinajstić information content (AvgIpc) is 2.73. The number of rotatable bonds is 5. The number of carboxylic acids is 1. The molecule has 1 atom stereocenters. The standard InChI is InChI=1S/C14H25NO5/c1-5-19-14(8-6-7-9-14)10(11(16)17)15-12(18)20-13(2,3)4/h10H,5-9H2,1-4H3,(H,15,18)(H,16,17). The van der Waals surface area contributed by atoms with Gasteiger partial charge in [0, 0.05) is 6.61 Å². The van der Waals surface area contributed by atoms with E-state index in [9.17, 15) is 14.7 Å². The predicted octanol–water partition coefficient (Wildman–Crippen LogP) is 2.31. The maximum atomic E-state index is 11.8. The summed E-state index contributed by atoms with van der Waals surface area (Å²) in [5, 5.41) is 11.9. The summed E-state index contributed by atoms with van der Waals surface area (Å²) >= 11 is 0. The smallest absolute Gasteiger partial charge is 0.408 e. The van der Waals surface area contributed by atoms with E-state index in [0.29, 0.717) is 19.4 Å². The van der Waals surface area contributed by atoms with Crippen LogP contribution >= 0.6 is 0 Å².